The number of carbonyl (C=O) groups is 1. The van der Waals surface area contributed by atoms with Crippen molar-refractivity contribution in [2.75, 3.05) is 19.6 Å². The molecule has 0 bridgehead atoms. The molecular formula is C22H38N2O2. The number of amides is 1. The Bertz CT molecular complexity index is 469. The average molecular weight is 363 g/mol. The van der Waals surface area contributed by atoms with E-state index in [1.54, 1.807) is 0 Å². The van der Waals surface area contributed by atoms with Crippen LogP contribution in [-0.2, 0) is 9.53 Å². The van der Waals surface area contributed by atoms with E-state index in [9.17, 15) is 4.79 Å². The summed E-state index contributed by atoms with van der Waals surface area (Å²) in [7, 11) is 0. The van der Waals surface area contributed by atoms with Crippen molar-refractivity contribution in [3.8, 4) is 0 Å². The number of carbonyl (C=O) groups excluding carboxylic acids is 1. The van der Waals surface area contributed by atoms with Crippen molar-refractivity contribution < 1.29 is 9.53 Å². The molecule has 4 fully saturated rings. The number of nitrogens with two attached hydrogens (primary N) is 1. The fraction of sp³-hybridized carbons (Fsp3) is 0.955. The predicted octanol–water partition coefficient (Wildman–Crippen LogP) is 3.73. The summed E-state index contributed by atoms with van der Waals surface area (Å²) in [5, 5.41) is 0. The summed E-state index contributed by atoms with van der Waals surface area (Å²) >= 11 is 0. The highest BCUT2D eigenvalue weighted by atomic mass is 16.5. The summed E-state index contributed by atoms with van der Waals surface area (Å²) in [6.45, 7) is 3.08. The lowest BCUT2D eigenvalue weighted by Gasteiger charge is -2.34. The van der Waals surface area contributed by atoms with Crippen LogP contribution in [0.25, 0.3) is 0 Å². The lowest BCUT2D eigenvalue weighted by molar-refractivity contribution is -0.123. The van der Waals surface area contributed by atoms with Gasteiger partial charge in [-0.2, -0.15) is 0 Å². The zero-order chi connectivity index (χ0) is 17.9. The van der Waals surface area contributed by atoms with Crippen LogP contribution in [-0.4, -0.2) is 42.6 Å². The molecule has 2 N–H and O–H groups in total. The second-order valence-electron chi connectivity index (χ2n) is 9.69. The number of fused-ring (bicyclic) bond motifs is 1. The van der Waals surface area contributed by atoms with Crippen molar-refractivity contribution in [2.24, 2.45) is 29.4 Å². The van der Waals surface area contributed by atoms with Gasteiger partial charge in [-0.25, -0.2) is 0 Å². The van der Waals surface area contributed by atoms with E-state index in [4.69, 9.17) is 10.5 Å². The highest BCUT2D eigenvalue weighted by Crippen LogP contribution is 2.43. The minimum Gasteiger partial charge on any atom is -0.373 e. The van der Waals surface area contributed by atoms with E-state index in [0.717, 1.165) is 50.2 Å². The normalized spacial score (nSPS) is 37.5. The van der Waals surface area contributed by atoms with Crippen LogP contribution in [0, 0.1) is 23.7 Å². The number of primary amides is 1. The predicted molar refractivity (Wildman–Crippen MR) is 104 cm³/mol. The van der Waals surface area contributed by atoms with Gasteiger partial charge < -0.3 is 15.4 Å². The van der Waals surface area contributed by atoms with Crippen LogP contribution in [0.5, 0.6) is 0 Å². The van der Waals surface area contributed by atoms with E-state index < -0.39 is 0 Å². The average Bonchev–Trinajstić information content (AvgIpc) is 3.04. The van der Waals surface area contributed by atoms with Crippen molar-refractivity contribution in [1.29, 1.82) is 0 Å². The van der Waals surface area contributed by atoms with Gasteiger partial charge in [0, 0.05) is 12.5 Å². The zero-order valence-corrected chi connectivity index (χ0v) is 16.4. The molecule has 4 aliphatic rings. The summed E-state index contributed by atoms with van der Waals surface area (Å²) in [6.07, 6.45) is 17.1. The molecule has 4 unspecified atom stereocenters. The monoisotopic (exact) mass is 362 g/mol. The minimum absolute atomic E-state index is 0.0962. The van der Waals surface area contributed by atoms with Crippen LogP contribution in [0.4, 0.5) is 0 Å². The number of hydrogen-bond donors (Lipinski definition) is 1. The highest BCUT2D eigenvalue weighted by molar-refractivity contribution is 5.76. The molecule has 4 heteroatoms. The van der Waals surface area contributed by atoms with Gasteiger partial charge in [0.2, 0.25) is 5.91 Å². The van der Waals surface area contributed by atoms with E-state index in [0.29, 0.717) is 12.2 Å². The summed E-state index contributed by atoms with van der Waals surface area (Å²) in [5.41, 5.74) is 5.45. The summed E-state index contributed by atoms with van der Waals surface area (Å²) in [4.78, 5) is 13.8. The molecule has 2 heterocycles. The first-order chi connectivity index (χ1) is 12.7. The molecule has 0 aromatic carbocycles. The molecule has 2 saturated heterocycles. The Kier molecular flexibility index (Phi) is 6.20. The molecule has 0 aromatic heterocycles. The maximum Gasteiger partial charge on any atom is 0.220 e. The fourth-order valence-electron chi connectivity index (χ4n) is 6.31. The number of ether oxygens (including phenoxy) is 1. The molecule has 26 heavy (non-hydrogen) atoms. The molecule has 2 aliphatic carbocycles. The zero-order valence-electron chi connectivity index (χ0n) is 16.4. The molecule has 0 radical (unpaired) electrons. The van der Waals surface area contributed by atoms with Crippen LogP contribution in [0.1, 0.15) is 77.0 Å². The van der Waals surface area contributed by atoms with Gasteiger partial charge in [0.1, 0.15) is 0 Å². The Morgan fingerprint density at radius 1 is 0.923 bits per heavy atom. The van der Waals surface area contributed by atoms with Gasteiger partial charge in [0.05, 0.1) is 12.2 Å². The van der Waals surface area contributed by atoms with Crippen molar-refractivity contribution in [3.05, 3.63) is 0 Å². The Balaban J connectivity index is 1.20. The number of likely N-dealkylation sites (tertiary alicyclic amines) is 1. The Hall–Kier alpha value is -0.610. The van der Waals surface area contributed by atoms with Crippen LogP contribution >= 0.6 is 0 Å². The minimum atomic E-state index is -0.114. The van der Waals surface area contributed by atoms with Gasteiger partial charge in [-0.05, 0) is 75.8 Å². The van der Waals surface area contributed by atoms with Gasteiger partial charge in [-0.1, -0.05) is 32.1 Å². The lowest BCUT2D eigenvalue weighted by Crippen LogP contribution is -2.41. The van der Waals surface area contributed by atoms with E-state index in [-0.39, 0.29) is 11.8 Å². The lowest BCUT2D eigenvalue weighted by atomic mass is 9.73. The first kappa shape index (κ1) is 18.7. The molecule has 4 nitrogen and oxygen atoms in total. The maximum absolute atomic E-state index is 11.3. The number of nitrogens with zero attached hydrogens (tertiary/aromatic N) is 1. The van der Waals surface area contributed by atoms with E-state index in [1.807, 2.05) is 0 Å². The second-order valence-corrected chi connectivity index (χ2v) is 9.69. The molecule has 2 aliphatic heterocycles. The van der Waals surface area contributed by atoms with Gasteiger partial charge in [-0.3, -0.25) is 4.79 Å². The molecular weight excluding hydrogens is 324 g/mol. The second kappa shape index (κ2) is 8.60. The maximum atomic E-state index is 11.3. The number of piperidine rings is 1. The van der Waals surface area contributed by atoms with Crippen molar-refractivity contribution in [3.63, 3.8) is 0 Å². The van der Waals surface area contributed by atoms with Crippen LogP contribution in [0.3, 0.4) is 0 Å². The van der Waals surface area contributed by atoms with Crippen molar-refractivity contribution in [2.45, 2.75) is 89.3 Å². The van der Waals surface area contributed by atoms with E-state index >= 15 is 0 Å². The third-order valence-corrected chi connectivity index (χ3v) is 7.80. The van der Waals surface area contributed by atoms with Crippen molar-refractivity contribution in [1.82, 2.24) is 4.90 Å². The van der Waals surface area contributed by atoms with E-state index in [1.165, 1.54) is 64.2 Å². The fourth-order valence-corrected chi connectivity index (χ4v) is 6.31. The van der Waals surface area contributed by atoms with Gasteiger partial charge in [0.15, 0.2) is 0 Å². The van der Waals surface area contributed by atoms with Gasteiger partial charge in [0.25, 0.3) is 0 Å². The molecule has 148 valence electrons. The molecule has 0 spiro atoms. The van der Waals surface area contributed by atoms with Crippen LogP contribution < -0.4 is 5.73 Å². The number of hydrogen-bond acceptors (Lipinski definition) is 3. The highest BCUT2D eigenvalue weighted by Gasteiger charge is 2.40. The quantitative estimate of drug-likeness (QED) is 0.811. The van der Waals surface area contributed by atoms with Crippen LogP contribution in [0.2, 0.25) is 0 Å². The largest absolute Gasteiger partial charge is 0.373 e. The summed E-state index contributed by atoms with van der Waals surface area (Å²) < 4.78 is 6.45. The van der Waals surface area contributed by atoms with Crippen LogP contribution in [0.15, 0.2) is 0 Å². The SMILES string of the molecule is NC(=O)C1CCN(CC2CC3CC(CC4CCCCC4)CCC3O2)CC1. The summed E-state index contributed by atoms with van der Waals surface area (Å²) in [5.74, 6) is 2.78. The molecule has 1 amide bonds. The van der Waals surface area contributed by atoms with Gasteiger partial charge >= 0.3 is 0 Å². The van der Waals surface area contributed by atoms with Crippen molar-refractivity contribution >= 4 is 5.91 Å². The Morgan fingerprint density at radius 3 is 2.42 bits per heavy atom. The third-order valence-electron chi connectivity index (χ3n) is 7.80. The third kappa shape index (κ3) is 4.62. The summed E-state index contributed by atoms with van der Waals surface area (Å²) in [6, 6.07) is 0. The smallest absolute Gasteiger partial charge is 0.220 e. The first-order valence-corrected chi connectivity index (χ1v) is 11.3. The topological polar surface area (TPSA) is 55.6 Å². The van der Waals surface area contributed by atoms with Gasteiger partial charge in [-0.15, -0.1) is 0 Å². The Labute approximate surface area is 159 Å². The molecule has 4 rings (SSSR count). The first-order valence-electron chi connectivity index (χ1n) is 11.3. The standard InChI is InChI=1S/C22H38N2O2/c23-22(25)18-8-10-24(11-9-18)15-20-14-19-13-17(6-7-21(19)26-20)12-16-4-2-1-3-5-16/h16-21H,1-15H2,(H2,23,25). The molecule has 0 aromatic rings. The molecule has 2 saturated carbocycles. The number of rotatable bonds is 5. The Morgan fingerprint density at radius 2 is 1.69 bits per heavy atom. The molecule has 4 atom stereocenters. The van der Waals surface area contributed by atoms with E-state index in [2.05, 4.69) is 4.90 Å².